The van der Waals surface area contributed by atoms with Crippen LogP contribution in [0.1, 0.15) is 34.6 Å². The summed E-state index contributed by atoms with van der Waals surface area (Å²) in [6.45, 7) is 1.96. The van der Waals surface area contributed by atoms with Crippen molar-refractivity contribution in [2.75, 3.05) is 14.1 Å². The number of thiophene rings is 1. The molecule has 1 aliphatic carbocycles. The Balaban J connectivity index is 1.52. The minimum Gasteiger partial charge on any atom is -0.349 e. The lowest BCUT2D eigenvalue weighted by Gasteiger charge is -2.16. The number of benzene rings is 1. The van der Waals surface area contributed by atoms with E-state index in [9.17, 15) is 9.59 Å². The van der Waals surface area contributed by atoms with E-state index in [-0.39, 0.29) is 23.8 Å². The molecule has 2 amide bonds. The highest BCUT2D eigenvalue weighted by molar-refractivity contribution is 7.20. The van der Waals surface area contributed by atoms with E-state index in [4.69, 9.17) is 0 Å². The maximum absolute atomic E-state index is 12.8. The second kappa shape index (κ2) is 7.39. The third kappa shape index (κ3) is 3.42. The number of nitrogens with zero attached hydrogens (tertiary/aromatic N) is 3. The number of amides is 2. The minimum absolute atomic E-state index is 0.0107. The van der Waals surface area contributed by atoms with Crippen LogP contribution in [-0.4, -0.2) is 46.6 Å². The number of aromatic nitrogens is 2. The summed E-state index contributed by atoms with van der Waals surface area (Å²) < 4.78 is 1.90. The van der Waals surface area contributed by atoms with E-state index in [2.05, 4.69) is 10.4 Å². The predicted octanol–water partition coefficient (Wildman–Crippen LogP) is 3.38. The van der Waals surface area contributed by atoms with E-state index < -0.39 is 0 Å². The number of para-hydroxylation sites is 1. The maximum atomic E-state index is 12.8. The molecule has 2 aromatic heterocycles. The molecule has 146 valence electrons. The summed E-state index contributed by atoms with van der Waals surface area (Å²) >= 11 is 1.46. The van der Waals surface area contributed by atoms with Crippen LogP contribution in [0.15, 0.2) is 36.4 Å². The van der Waals surface area contributed by atoms with Gasteiger partial charge in [0.05, 0.1) is 16.3 Å². The van der Waals surface area contributed by atoms with Gasteiger partial charge in [0.2, 0.25) is 5.91 Å². The molecule has 7 heteroatoms. The van der Waals surface area contributed by atoms with Crippen molar-refractivity contribution < 1.29 is 9.59 Å². The standard InChI is InChI=1S/C21H24N4O2S/c1-13-17-12-18(28-21(17)25(23-13)16-7-5-4-6-8-16)19(26)22-15-10-9-14(11-15)20(27)24(2)3/h4-8,12,14-15H,9-11H2,1-3H3,(H,22,26)/t14-,15-/m0/s1. The number of hydrogen-bond donors (Lipinski definition) is 1. The maximum Gasteiger partial charge on any atom is 0.261 e. The smallest absolute Gasteiger partial charge is 0.261 e. The van der Waals surface area contributed by atoms with Crippen molar-refractivity contribution in [3.63, 3.8) is 0 Å². The number of rotatable bonds is 4. The lowest BCUT2D eigenvalue weighted by Crippen LogP contribution is -2.34. The molecule has 4 rings (SSSR count). The summed E-state index contributed by atoms with van der Waals surface area (Å²) in [5, 5.41) is 8.75. The molecule has 0 spiro atoms. The average Bonchev–Trinajstić information content (AvgIpc) is 3.38. The monoisotopic (exact) mass is 396 g/mol. The normalized spacial score (nSPS) is 19.1. The Morgan fingerprint density at radius 3 is 2.68 bits per heavy atom. The molecule has 2 atom stereocenters. The van der Waals surface area contributed by atoms with Gasteiger partial charge in [0.25, 0.3) is 5.91 Å². The number of fused-ring (bicyclic) bond motifs is 1. The Morgan fingerprint density at radius 2 is 1.96 bits per heavy atom. The average molecular weight is 397 g/mol. The molecule has 28 heavy (non-hydrogen) atoms. The fourth-order valence-corrected chi connectivity index (χ4v) is 4.95. The van der Waals surface area contributed by atoms with Crippen molar-refractivity contribution in [2.24, 2.45) is 5.92 Å². The van der Waals surface area contributed by atoms with Gasteiger partial charge < -0.3 is 10.2 Å². The first-order valence-electron chi connectivity index (χ1n) is 9.50. The summed E-state index contributed by atoms with van der Waals surface area (Å²) in [6, 6.07) is 11.9. The predicted molar refractivity (Wildman–Crippen MR) is 111 cm³/mol. The van der Waals surface area contributed by atoms with E-state index in [0.717, 1.165) is 34.4 Å². The van der Waals surface area contributed by atoms with Crippen molar-refractivity contribution in [2.45, 2.75) is 32.2 Å². The molecule has 1 N–H and O–H groups in total. The van der Waals surface area contributed by atoms with Crippen LogP contribution >= 0.6 is 11.3 Å². The van der Waals surface area contributed by atoms with Crippen LogP contribution < -0.4 is 5.32 Å². The summed E-state index contributed by atoms with van der Waals surface area (Å²) in [5.41, 5.74) is 1.89. The van der Waals surface area contributed by atoms with E-state index >= 15 is 0 Å². The van der Waals surface area contributed by atoms with Crippen LogP contribution in [0.4, 0.5) is 0 Å². The zero-order valence-corrected chi connectivity index (χ0v) is 17.1. The second-order valence-electron chi connectivity index (χ2n) is 7.58. The highest BCUT2D eigenvalue weighted by atomic mass is 32.1. The first-order valence-corrected chi connectivity index (χ1v) is 10.3. The zero-order chi connectivity index (χ0) is 19.8. The molecule has 1 aliphatic rings. The Bertz CT molecular complexity index is 1020. The number of hydrogen-bond acceptors (Lipinski definition) is 4. The van der Waals surface area contributed by atoms with E-state index in [1.165, 1.54) is 11.3 Å². The first-order chi connectivity index (χ1) is 13.4. The third-order valence-corrected chi connectivity index (χ3v) is 6.44. The Morgan fingerprint density at radius 1 is 1.21 bits per heavy atom. The lowest BCUT2D eigenvalue weighted by molar-refractivity contribution is -0.132. The lowest BCUT2D eigenvalue weighted by atomic mass is 10.1. The van der Waals surface area contributed by atoms with Crippen molar-refractivity contribution in [1.29, 1.82) is 0 Å². The van der Waals surface area contributed by atoms with Gasteiger partial charge in [0.15, 0.2) is 0 Å². The molecule has 3 aromatic rings. The number of carbonyl (C=O) groups is 2. The molecular weight excluding hydrogens is 372 g/mol. The zero-order valence-electron chi connectivity index (χ0n) is 16.3. The summed E-state index contributed by atoms with van der Waals surface area (Å²) in [7, 11) is 3.56. The van der Waals surface area contributed by atoms with Gasteiger partial charge in [0, 0.05) is 31.4 Å². The minimum atomic E-state index is -0.0665. The highest BCUT2D eigenvalue weighted by Gasteiger charge is 2.32. The van der Waals surface area contributed by atoms with Gasteiger partial charge in [-0.1, -0.05) is 18.2 Å². The molecule has 0 bridgehead atoms. The molecule has 0 aliphatic heterocycles. The fraction of sp³-hybridized carbons (Fsp3) is 0.381. The molecule has 1 fully saturated rings. The Hall–Kier alpha value is -2.67. The van der Waals surface area contributed by atoms with Crippen LogP contribution in [0.3, 0.4) is 0 Å². The van der Waals surface area contributed by atoms with Crippen molar-refractivity contribution in [3.8, 4) is 5.69 Å². The van der Waals surface area contributed by atoms with Gasteiger partial charge in [-0.15, -0.1) is 11.3 Å². The summed E-state index contributed by atoms with van der Waals surface area (Å²) in [5.74, 6) is 0.0944. The Kier molecular flexibility index (Phi) is 4.93. The van der Waals surface area contributed by atoms with Crippen molar-refractivity contribution in [1.82, 2.24) is 20.0 Å². The van der Waals surface area contributed by atoms with Gasteiger partial charge in [-0.05, 0) is 44.4 Å². The number of carbonyl (C=O) groups excluding carboxylic acids is 2. The van der Waals surface area contributed by atoms with Gasteiger partial charge in [0.1, 0.15) is 4.83 Å². The molecule has 1 saturated carbocycles. The van der Waals surface area contributed by atoms with E-state index in [1.54, 1.807) is 19.0 Å². The molecule has 2 heterocycles. The van der Waals surface area contributed by atoms with Gasteiger partial charge in [-0.25, -0.2) is 4.68 Å². The number of aryl methyl sites for hydroxylation is 1. The van der Waals surface area contributed by atoms with Gasteiger partial charge in [-0.3, -0.25) is 9.59 Å². The second-order valence-corrected chi connectivity index (χ2v) is 8.61. The molecule has 6 nitrogen and oxygen atoms in total. The molecule has 0 radical (unpaired) electrons. The van der Waals surface area contributed by atoms with E-state index in [0.29, 0.717) is 11.3 Å². The molecular formula is C21H24N4O2S. The summed E-state index contributed by atoms with van der Waals surface area (Å²) in [6.07, 6.45) is 2.39. The van der Waals surface area contributed by atoms with Crippen LogP contribution in [0.25, 0.3) is 15.9 Å². The SMILES string of the molecule is Cc1nn(-c2ccccc2)c2sc(C(=O)N[C@H]3CC[C@H](C(=O)N(C)C)C3)cc12. The van der Waals surface area contributed by atoms with Crippen molar-refractivity contribution in [3.05, 3.63) is 47.0 Å². The molecule has 1 aromatic carbocycles. The van der Waals surface area contributed by atoms with Gasteiger partial charge in [-0.2, -0.15) is 5.10 Å². The highest BCUT2D eigenvalue weighted by Crippen LogP contribution is 2.31. The molecule has 0 saturated heterocycles. The largest absolute Gasteiger partial charge is 0.349 e. The van der Waals surface area contributed by atoms with Crippen molar-refractivity contribution >= 4 is 33.4 Å². The fourth-order valence-electron chi connectivity index (χ4n) is 3.86. The molecule has 0 unspecified atom stereocenters. The van der Waals surface area contributed by atoms with Gasteiger partial charge >= 0.3 is 0 Å². The van der Waals surface area contributed by atoms with Crippen LogP contribution in [-0.2, 0) is 4.79 Å². The summed E-state index contributed by atoms with van der Waals surface area (Å²) in [4.78, 5) is 28.3. The topological polar surface area (TPSA) is 67.2 Å². The third-order valence-electron chi connectivity index (χ3n) is 5.33. The first kappa shape index (κ1) is 18.7. The number of nitrogens with one attached hydrogen (secondary N) is 1. The van der Waals surface area contributed by atoms with Crippen LogP contribution in [0.5, 0.6) is 0 Å². The van der Waals surface area contributed by atoms with Crippen LogP contribution in [0, 0.1) is 12.8 Å². The van der Waals surface area contributed by atoms with E-state index in [1.807, 2.05) is 48.0 Å². The Labute approximate surface area is 168 Å². The quantitative estimate of drug-likeness (QED) is 0.735. The van der Waals surface area contributed by atoms with Crippen LogP contribution in [0.2, 0.25) is 0 Å².